The lowest BCUT2D eigenvalue weighted by Crippen LogP contribution is -2.13. The maximum absolute atomic E-state index is 5.84. The van der Waals surface area contributed by atoms with E-state index in [2.05, 4.69) is 15.6 Å². The highest BCUT2D eigenvalue weighted by atomic mass is 16.5. The molecule has 0 amide bonds. The number of ether oxygens (including phenoxy) is 1. The Hall–Kier alpha value is -2.49. The van der Waals surface area contributed by atoms with E-state index in [4.69, 9.17) is 10.5 Å². The number of aromatic nitrogens is 2. The first-order valence-electron chi connectivity index (χ1n) is 6.70. The summed E-state index contributed by atoms with van der Waals surface area (Å²) in [7, 11) is 0. The average Bonchev–Trinajstić information content (AvgIpc) is 2.98. The lowest BCUT2D eigenvalue weighted by molar-refractivity contribution is 0.317. The fourth-order valence-electron chi connectivity index (χ4n) is 2.99. The summed E-state index contributed by atoms with van der Waals surface area (Å²) in [4.78, 5) is 4.62. The van der Waals surface area contributed by atoms with E-state index in [9.17, 15) is 0 Å². The normalized spacial score (nSPS) is 17.1. The van der Waals surface area contributed by atoms with Crippen LogP contribution in [0.5, 0.6) is 5.75 Å². The first kappa shape index (κ1) is 11.3. The van der Waals surface area contributed by atoms with Gasteiger partial charge in [0.25, 0.3) is 0 Å². The molecule has 0 radical (unpaired) electrons. The molecule has 2 heterocycles. The van der Waals surface area contributed by atoms with Gasteiger partial charge in [-0.2, -0.15) is 0 Å². The number of imidazole rings is 1. The van der Waals surface area contributed by atoms with Crippen LogP contribution in [0.25, 0.3) is 11.0 Å². The van der Waals surface area contributed by atoms with Crippen LogP contribution in [0.15, 0.2) is 42.5 Å². The molecule has 0 spiro atoms. The van der Waals surface area contributed by atoms with E-state index in [1.54, 1.807) is 0 Å². The second-order valence-corrected chi connectivity index (χ2v) is 5.14. The molecule has 1 aromatic heterocycles. The van der Waals surface area contributed by atoms with Gasteiger partial charge in [-0.3, -0.25) is 0 Å². The van der Waals surface area contributed by atoms with Gasteiger partial charge in [-0.15, -0.1) is 0 Å². The summed E-state index contributed by atoms with van der Waals surface area (Å²) in [6, 6.07) is 14.2. The lowest BCUT2D eigenvalue weighted by atomic mass is 10.1. The Balaban J connectivity index is 1.94. The first-order valence-corrected chi connectivity index (χ1v) is 6.70. The Morgan fingerprint density at radius 3 is 3.00 bits per heavy atom. The Morgan fingerprint density at radius 1 is 1.25 bits per heavy atom. The molecule has 4 heteroatoms. The van der Waals surface area contributed by atoms with Crippen molar-refractivity contribution in [2.45, 2.75) is 13.0 Å². The summed E-state index contributed by atoms with van der Waals surface area (Å²) in [5.41, 5.74) is 9.83. The molecule has 20 heavy (non-hydrogen) atoms. The highest BCUT2D eigenvalue weighted by Gasteiger charge is 2.27. The molecule has 2 aromatic carbocycles. The van der Waals surface area contributed by atoms with Crippen LogP contribution in [-0.4, -0.2) is 16.2 Å². The minimum atomic E-state index is 0.180. The van der Waals surface area contributed by atoms with Crippen LogP contribution in [0.3, 0.4) is 0 Å². The largest absolute Gasteiger partial charge is 0.491 e. The molecule has 2 N–H and O–H groups in total. The van der Waals surface area contributed by atoms with E-state index in [0.29, 0.717) is 6.61 Å². The average molecular weight is 265 g/mol. The third-order valence-corrected chi connectivity index (χ3v) is 3.88. The van der Waals surface area contributed by atoms with E-state index in [1.807, 2.05) is 43.3 Å². The zero-order valence-electron chi connectivity index (χ0n) is 11.2. The maximum Gasteiger partial charge on any atom is 0.124 e. The third kappa shape index (κ3) is 1.51. The van der Waals surface area contributed by atoms with Crippen LogP contribution in [0, 0.1) is 6.92 Å². The van der Waals surface area contributed by atoms with E-state index < -0.39 is 0 Å². The van der Waals surface area contributed by atoms with Gasteiger partial charge in [0.05, 0.1) is 17.1 Å². The minimum Gasteiger partial charge on any atom is -0.491 e. The Morgan fingerprint density at radius 2 is 2.10 bits per heavy atom. The van der Waals surface area contributed by atoms with Crippen LogP contribution in [0.1, 0.15) is 17.4 Å². The molecule has 0 bridgehead atoms. The standard InChI is InChI=1S/C16H15N3O/c1-10-18-13-8-11(17)6-7-14(13)19(10)15-9-20-16-5-3-2-4-12(15)16/h2-8,15H,9,17H2,1H3. The molecule has 1 aliphatic rings. The molecule has 1 unspecified atom stereocenters. The van der Waals surface area contributed by atoms with Gasteiger partial charge in [-0.05, 0) is 31.2 Å². The van der Waals surface area contributed by atoms with Gasteiger partial charge in [-0.25, -0.2) is 4.98 Å². The van der Waals surface area contributed by atoms with Crippen LogP contribution >= 0.6 is 0 Å². The van der Waals surface area contributed by atoms with Crippen LogP contribution in [0.2, 0.25) is 0 Å². The highest BCUT2D eigenvalue weighted by Crippen LogP contribution is 2.37. The van der Waals surface area contributed by atoms with Crippen molar-refractivity contribution >= 4 is 16.7 Å². The number of hydrogen-bond acceptors (Lipinski definition) is 3. The Labute approximate surface area is 116 Å². The molecule has 3 aromatic rings. The van der Waals surface area contributed by atoms with Gasteiger partial charge in [0.1, 0.15) is 18.2 Å². The molecular formula is C16H15N3O. The van der Waals surface area contributed by atoms with Gasteiger partial charge in [0.15, 0.2) is 0 Å². The lowest BCUT2D eigenvalue weighted by Gasteiger charge is -2.14. The first-order chi connectivity index (χ1) is 9.74. The molecule has 0 fully saturated rings. The van der Waals surface area contributed by atoms with E-state index in [1.165, 1.54) is 5.56 Å². The zero-order chi connectivity index (χ0) is 13.7. The summed E-state index contributed by atoms with van der Waals surface area (Å²) in [5, 5.41) is 0. The zero-order valence-corrected chi connectivity index (χ0v) is 11.2. The van der Waals surface area contributed by atoms with Gasteiger partial charge in [0, 0.05) is 11.3 Å². The van der Waals surface area contributed by atoms with Crippen molar-refractivity contribution < 1.29 is 4.74 Å². The monoisotopic (exact) mass is 265 g/mol. The summed E-state index contributed by atoms with van der Waals surface area (Å²) in [5.74, 6) is 1.95. The van der Waals surface area contributed by atoms with Gasteiger partial charge >= 0.3 is 0 Å². The Bertz CT molecular complexity index is 807. The quantitative estimate of drug-likeness (QED) is 0.688. The van der Waals surface area contributed by atoms with E-state index in [-0.39, 0.29) is 6.04 Å². The van der Waals surface area contributed by atoms with Gasteiger partial charge in [0.2, 0.25) is 0 Å². The molecule has 0 aliphatic carbocycles. The van der Waals surface area contributed by atoms with Gasteiger partial charge < -0.3 is 15.0 Å². The topological polar surface area (TPSA) is 53.1 Å². The van der Waals surface area contributed by atoms with E-state index >= 15 is 0 Å². The second kappa shape index (κ2) is 4.00. The third-order valence-electron chi connectivity index (χ3n) is 3.88. The molecule has 0 saturated heterocycles. The number of rotatable bonds is 1. The smallest absolute Gasteiger partial charge is 0.124 e. The van der Waals surface area contributed by atoms with Crippen molar-refractivity contribution in [2.24, 2.45) is 0 Å². The van der Waals surface area contributed by atoms with Crippen LogP contribution in [0.4, 0.5) is 5.69 Å². The van der Waals surface area contributed by atoms with Crippen LogP contribution in [-0.2, 0) is 0 Å². The number of anilines is 1. The van der Waals surface area contributed by atoms with Crippen molar-refractivity contribution in [1.29, 1.82) is 0 Å². The number of nitrogen functional groups attached to an aromatic ring is 1. The SMILES string of the molecule is Cc1nc2cc(N)ccc2n1C1COc2ccccc21. The highest BCUT2D eigenvalue weighted by molar-refractivity contribution is 5.80. The van der Waals surface area contributed by atoms with Crippen molar-refractivity contribution in [3.63, 3.8) is 0 Å². The van der Waals surface area contributed by atoms with Crippen molar-refractivity contribution in [3.8, 4) is 5.75 Å². The molecule has 4 nitrogen and oxygen atoms in total. The molecule has 100 valence electrons. The van der Waals surface area contributed by atoms with Crippen molar-refractivity contribution in [3.05, 3.63) is 53.9 Å². The number of nitrogens with zero attached hydrogens (tertiary/aromatic N) is 2. The summed E-state index contributed by atoms with van der Waals surface area (Å²) in [6.07, 6.45) is 0. The van der Waals surface area contributed by atoms with Gasteiger partial charge in [-0.1, -0.05) is 18.2 Å². The number of para-hydroxylation sites is 1. The molecule has 0 saturated carbocycles. The molecule has 4 rings (SSSR count). The minimum absolute atomic E-state index is 0.180. The molecule has 1 atom stereocenters. The number of hydrogen-bond donors (Lipinski definition) is 1. The van der Waals surface area contributed by atoms with Crippen LogP contribution < -0.4 is 10.5 Å². The van der Waals surface area contributed by atoms with Crippen molar-refractivity contribution in [1.82, 2.24) is 9.55 Å². The van der Waals surface area contributed by atoms with E-state index in [0.717, 1.165) is 28.3 Å². The fourth-order valence-corrected chi connectivity index (χ4v) is 2.99. The number of fused-ring (bicyclic) bond motifs is 2. The molecular weight excluding hydrogens is 250 g/mol. The number of benzene rings is 2. The van der Waals surface area contributed by atoms with Crippen molar-refractivity contribution in [2.75, 3.05) is 12.3 Å². The summed E-state index contributed by atoms with van der Waals surface area (Å²) < 4.78 is 8.03. The predicted molar refractivity (Wildman–Crippen MR) is 79.0 cm³/mol. The number of nitrogens with two attached hydrogens (primary N) is 1. The summed E-state index contributed by atoms with van der Waals surface area (Å²) in [6.45, 7) is 2.67. The maximum atomic E-state index is 5.84. The summed E-state index contributed by atoms with van der Waals surface area (Å²) >= 11 is 0. The fraction of sp³-hybridized carbons (Fsp3) is 0.188. The Kier molecular flexibility index (Phi) is 2.27. The molecule has 1 aliphatic heterocycles. The predicted octanol–water partition coefficient (Wildman–Crippen LogP) is 2.91. The second-order valence-electron chi connectivity index (χ2n) is 5.14. The number of aryl methyl sites for hydroxylation is 1.